The summed E-state index contributed by atoms with van der Waals surface area (Å²) in [5, 5.41) is 6.26. The van der Waals surface area contributed by atoms with Crippen LogP contribution in [-0.4, -0.2) is 49.5 Å². The van der Waals surface area contributed by atoms with E-state index < -0.39 is 0 Å². The van der Waals surface area contributed by atoms with Crippen LogP contribution in [0.5, 0.6) is 5.75 Å². The third kappa shape index (κ3) is 4.19. The summed E-state index contributed by atoms with van der Waals surface area (Å²) in [4.78, 5) is 26.7. The van der Waals surface area contributed by atoms with Crippen LogP contribution in [-0.2, 0) is 9.59 Å². The molecule has 2 heterocycles. The monoisotopic (exact) mass is 353 g/mol. The molecule has 24 heavy (non-hydrogen) atoms. The first-order chi connectivity index (χ1) is 11.2. The van der Waals surface area contributed by atoms with Gasteiger partial charge in [0.2, 0.25) is 11.8 Å². The Balaban J connectivity index is 0.00000208. The molecular weight excluding hydrogens is 330 g/mol. The maximum absolute atomic E-state index is 12.7. The minimum atomic E-state index is -0.295. The molecule has 1 unspecified atom stereocenters. The largest absolute Gasteiger partial charge is 0.497 e. The van der Waals surface area contributed by atoms with Crippen LogP contribution in [0.2, 0.25) is 0 Å². The van der Waals surface area contributed by atoms with Gasteiger partial charge < -0.3 is 20.3 Å². The van der Waals surface area contributed by atoms with Crippen LogP contribution >= 0.6 is 12.4 Å². The summed E-state index contributed by atoms with van der Waals surface area (Å²) in [5.41, 5.74) is 0.901. The van der Waals surface area contributed by atoms with Crippen molar-refractivity contribution in [1.82, 2.24) is 15.5 Å². The fourth-order valence-corrected chi connectivity index (χ4v) is 3.34. The SMILES string of the molecule is COc1cccc(C2CC(=O)N(C3CCNCC3)CC(=O)N2)c1.Cl. The Hall–Kier alpha value is -1.79. The molecule has 3 rings (SSSR count). The van der Waals surface area contributed by atoms with Crippen molar-refractivity contribution in [2.45, 2.75) is 31.3 Å². The van der Waals surface area contributed by atoms with Crippen LogP contribution in [0.25, 0.3) is 0 Å². The van der Waals surface area contributed by atoms with Gasteiger partial charge in [0.15, 0.2) is 0 Å². The topological polar surface area (TPSA) is 70.7 Å². The number of piperidine rings is 1. The molecule has 0 aliphatic carbocycles. The molecule has 2 aliphatic rings. The first-order valence-electron chi connectivity index (χ1n) is 8.11. The van der Waals surface area contributed by atoms with Crippen LogP contribution in [0.1, 0.15) is 30.9 Å². The second kappa shape index (κ2) is 8.35. The van der Waals surface area contributed by atoms with Crippen molar-refractivity contribution in [3.63, 3.8) is 0 Å². The average Bonchev–Trinajstić information content (AvgIpc) is 2.74. The van der Waals surface area contributed by atoms with Gasteiger partial charge in [-0.1, -0.05) is 12.1 Å². The normalized spacial score (nSPS) is 22.4. The number of ether oxygens (including phenoxy) is 1. The standard InChI is InChI=1S/C17H23N3O3.ClH/c1-23-14-4-2-3-12(9-14)15-10-17(22)20(11-16(21)19-15)13-5-7-18-8-6-13;/h2-4,9,13,15,18H,5-8,10-11H2,1H3,(H,19,21);1H. The van der Waals surface area contributed by atoms with Gasteiger partial charge in [0, 0.05) is 6.04 Å². The van der Waals surface area contributed by atoms with Crippen molar-refractivity contribution in [2.75, 3.05) is 26.7 Å². The number of carbonyl (C=O) groups is 2. The van der Waals surface area contributed by atoms with Gasteiger partial charge in [-0.15, -0.1) is 12.4 Å². The van der Waals surface area contributed by atoms with Gasteiger partial charge >= 0.3 is 0 Å². The molecule has 2 amide bonds. The molecule has 0 aromatic heterocycles. The number of methoxy groups -OCH3 is 1. The molecule has 0 bridgehead atoms. The van der Waals surface area contributed by atoms with E-state index in [0.29, 0.717) is 6.42 Å². The molecule has 0 radical (unpaired) electrons. The first-order valence-corrected chi connectivity index (χ1v) is 8.11. The highest BCUT2D eigenvalue weighted by Gasteiger charge is 2.33. The van der Waals surface area contributed by atoms with Crippen molar-refractivity contribution in [2.24, 2.45) is 0 Å². The van der Waals surface area contributed by atoms with E-state index in [-0.39, 0.29) is 42.8 Å². The molecular formula is C17H24ClN3O3. The molecule has 2 saturated heterocycles. The summed E-state index contributed by atoms with van der Waals surface area (Å²) >= 11 is 0. The number of rotatable bonds is 3. The molecule has 1 aromatic rings. The highest BCUT2D eigenvalue weighted by atomic mass is 35.5. The van der Waals surface area contributed by atoms with Gasteiger partial charge in [-0.05, 0) is 43.6 Å². The van der Waals surface area contributed by atoms with E-state index in [9.17, 15) is 9.59 Å². The van der Waals surface area contributed by atoms with Gasteiger partial charge in [0.05, 0.1) is 26.1 Å². The second-order valence-electron chi connectivity index (χ2n) is 6.10. The van der Waals surface area contributed by atoms with Crippen molar-refractivity contribution in [3.8, 4) is 5.75 Å². The summed E-state index contributed by atoms with van der Waals surface area (Å²) in [5.74, 6) is 0.675. The number of benzene rings is 1. The van der Waals surface area contributed by atoms with Crippen LogP contribution in [0, 0.1) is 0 Å². The Morgan fingerprint density at radius 1 is 1.21 bits per heavy atom. The molecule has 0 spiro atoms. The van der Waals surface area contributed by atoms with Gasteiger partial charge in [0.1, 0.15) is 5.75 Å². The molecule has 2 N–H and O–H groups in total. The van der Waals surface area contributed by atoms with Gasteiger partial charge in [-0.25, -0.2) is 0 Å². The third-order valence-corrected chi connectivity index (χ3v) is 4.59. The molecule has 2 fully saturated rings. The van der Waals surface area contributed by atoms with Gasteiger partial charge in [-0.3, -0.25) is 9.59 Å². The maximum Gasteiger partial charge on any atom is 0.240 e. The molecule has 1 aromatic carbocycles. The van der Waals surface area contributed by atoms with Crippen molar-refractivity contribution < 1.29 is 14.3 Å². The van der Waals surface area contributed by atoms with Crippen molar-refractivity contribution in [1.29, 1.82) is 0 Å². The Kier molecular flexibility index (Phi) is 6.45. The van der Waals surface area contributed by atoms with Crippen LogP contribution in [0.15, 0.2) is 24.3 Å². The summed E-state index contributed by atoms with van der Waals surface area (Å²) in [6.45, 7) is 1.95. The lowest BCUT2D eigenvalue weighted by Gasteiger charge is -2.33. The van der Waals surface area contributed by atoms with E-state index in [1.807, 2.05) is 24.3 Å². The fraction of sp³-hybridized carbons (Fsp3) is 0.529. The Labute approximate surface area is 148 Å². The van der Waals surface area contributed by atoms with E-state index in [0.717, 1.165) is 37.2 Å². The number of carbonyl (C=O) groups excluding carboxylic acids is 2. The molecule has 132 valence electrons. The van der Waals surface area contributed by atoms with E-state index in [2.05, 4.69) is 10.6 Å². The van der Waals surface area contributed by atoms with E-state index in [1.54, 1.807) is 12.0 Å². The van der Waals surface area contributed by atoms with Gasteiger partial charge in [0.25, 0.3) is 0 Å². The summed E-state index contributed by atoms with van der Waals surface area (Å²) < 4.78 is 5.23. The van der Waals surface area contributed by atoms with E-state index in [1.165, 1.54) is 0 Å². The first kappa shape index (κ1) is 18.5. The van der Waals surface area contributed by atoms with Crippen LogP contribution < -0.4 is 15.4 Å². The zero-order valence-electron chi connectivity index (χ0n) is 13.8. The molecule has 2 aliphatic heterocycles. The fourth-order valence-electron chi connectivity index (χ4n) is 3.34. The smallest absolute Gasteiger partial charge is 0.240 e. The Morgan fingerprint density at radius 2 is 1.96 bits per heavy atom. The lowest BCUT2D eigenvalue weighted by molar-refractivity contribution is -0.136. The lowest BCUT2D eigenvalue weighted by atomic mass is 10.0. The summed E-state index contributed by atoms with van der Waals surface area (Å²) in [7, 11) is 1.61. The zero-order valence-corrected chi connectivity index (χ0v) is 14.6. The number of nitrogens with zero attached hydrogens (tertiary/aromatic N) is 1. The molecule has 6 nitrogen and oxygen atoms in total. The molecule has 1 atom stereocenters. The van der Waals surface area contributed by atoms with Crippen LogP contribution in [0.4, 0.5) is 0 Å². The van der Waals surface area contributed by atoms with Crippen molar-refractivity contribution >= 4 is 24.2 Å². The number of hydrogen-bond donors (Lipinski definition) is 2. The number of nitrogens with one attached hydrogen (secondary N) is 2. The predicted octanol–water partition coefficient (Wildman–Crippen LogP) is 1.26. The second-order valence-corrected chi connectivity index (χ2v) is 6.10. The highest BCUT2D eigenvalue weighted by molar-refractivity contribution is 5.88. The third-order valence-electron chi connectivity index (χ3n) is 4.59. The van der Waals surface area contributed by atoms with Gasteiger partial charge in [-0.2, -0.15) is 0 Å². The predicted molar refractivity (Wildman–Crippen MR) is 93.3 cm³/mol. The Bertz CT molecular complexity index is 590. The van der Waals surface area contributed by atoms with Crippen LogP contribution in [0.3, 0.4) is 0 Å². The quantitative estimate of drug-likeness (QED) is 0.858. The summed E-state index contributed by atoms with van der Waals surface area (Å²) in [6, 6.07) is 7.39. The number of hydrogen-bond acceptors (Lipinski definition) is 4. The minimum absolute atomic E-state index is 0. The summed E-state index contributed by atoms with van der Waals surface area (Å²) in [6.07, 6.45) is 2.11. The zero-order chi connectivity index (χ0) is 16.2. The van der Waals surface area contributed by atoms with E-state index in [4.69, 9.17) is 4.74 Å². The maximum atomic E-state index is 12.7. The molecule has 7 heteroatoms. The number of halogens is 1. The molecule has 0 saturated carbocycles. The minimum Gasteiger partial charge on any atom is -0.497 e. The average molecular weight is 354 g/mol. The lowest BCUT2D eigenvalue weighted by Crippen LogP contribution is -2.47. The number of amides is 2. The van der Waals surface area contributed by atoms with E-state index >= 15 is 0 Å². The van der Waals surface area contributed by atoms with Crippen molar-refractivity contribution in [3.05, 3.63) is 29.8 Å². The Morgan fingerprint density at radius 3 is 2.67 bits per heavy atom. The highest BCUT2D eigenvalue weighted by Crippen LogP contribution is 2.25.